The van der Waals surface area contributed by atoms with Crippen LogP contribution in [0.1, 0.15) is 44.7 Å². The van der Waals surface area contributed by atoms with Gasteiger partial charge in [-0.15, -0.1) is 5.06 Å². The minimum Gasteiger partial charge on any atom is -0.427 e. The third-order valence-electron chi connectivity index (χ3n) is 6.13. The van der Waals surface area contributed by atoms with Crippen molar-refractivity contribution >= 4 is 12.1 Å². The quantitative estimate of drug-likeness (QED) is 0.696. The zero-order chi connectivity index (χ0) is 23.5. The van der Waals surface area contributed by atoms with Gasteiger partial charge in [0.05, 0.1) is 11.7 Å². The van der Waals surface area contributed by atoms with Crippen LogP contribution in [0.15, 0.2) is 60.7 Å². The molecular weight excluding hydrogens is 418 g/mol. The maximum Gasteiger partial charge on any atom is 0.528 e. The highest BCUT2D eigenvalue weighted by Gasteiger charge is 2.51. The van der Waals surface area contributed by atoms with Crippen LogP contribution in [0.4, 0.5) is 4.79 Å². The summed E-state index contributed by atoms with van der Waals surface area (Å²) in [6.07, 6.45) is 1.25. The van der Waals surface area contributed by atoms with E-state index in [0.717, 1.165) is 11.1 Å². The molecule has 1 N–H and O–H groups in total. The molecule has 2 aliphatic heterocycles. The Kier molecular flexibility index (Phi) is 6.72. The Morgan fingerprint density at radius 2 is 1.58 bits per heavy atom. The van der Waals surface area contributed by atoms with E-state index < -0.39 is 17.4 Å². The van der Waals surface area contributed by atoms with Crippen molar-refractivity contribution < 1.29 is 19.2 Å². The highest BCUT2D eigenvalue weighted by atomic mass is 16.8. The number of hydrogen-bond donors (Lipinski definition) is 1. The van der Waals surface area contributed by atoms with Crippen LogP contribution in [0.2, 0.25) is 0 Å². The molecule has 0 aromatic heterocycles. The molecule has 0 radical (unpaired) electrons. The molecule has 1 atom stereocenters. The van der Waals surface area contributed by atoms with E-state index in [9.17, 15) is 9.59 Å². The van der Waals surface area contributed by atoms with Gasteiger partial charge in [0.15, 0.2) is 0 Å². The predicted molar refractivity (Wildman–Crippen MR) is 125 cm³/mol. The molecule has 0 bridgehead atoms. The highest BCUT2D eigenvalue weighted by Crippen LogP contribution is 2.35. The molecule has 2 heterocycles. The van der Waals surface area contributed by atoms with Gasteiger partial charge in [0.25, 0.3) is 0 Å². The number of ether oxygens (including phenoxy) is 1. The lowest BCUT2D eigenvalue weighted by molar-refractivity contribution is -0.169. The minimum absolute atomic E-state index is 0.115. The molecule has 1 spiro atoms. The predicted octanol–water partition coefficient (Wildman–Crippen LogP) is 3.89. The first kappa shape index (κ1) is 23.3. The third kappa shape index (κ3) is 5.72. The monoisotopic (exact) mass is 451 g/mol. The molecule has 2 saturated heterocycles. The Bertz CT molecular complexity index is 951. The van der Waals surface area contributed by atoms with Crippen LogP contribution < -0.4 is 5.32 Å². The largest absolute Gasteiger partial charge is 0.528 e. The second-order valence-electron chi connectivity index (χ2n) is 9.81. The summed E-state index contributed by atoms with van der Waals surface area (Å²) in [5.74, 6) is 0.115. The summed E-state index contributed by atoms with van der Waals surface area (Å²) >= 11 is 0. The second-order valence-corrected chi connectivity index (χ2v) is 9.81. The van der Waals surface area contributed by atoms with E-state index in [-0.39, 0.29) is 11.9 Å². The molecular formula is C26H33N3O4. The van der Waals surface area contributed by atoms with Crippen molar-refractivity contribution in [2.75, 3.05) is 13.1 Å². The molecule has 2 aromatic rings. The van der Waals surface area contributed by atoms with E-state index in [1.807, 2.05) is 74.2 Å². The van der Waals surface area contributed by atoms with Crippen molar-refractivity contribution in [3.8, 4) is 0 Å². The molecule has 0 unspecified atom stereocenters. The van der Waals surface area contributed by atoms with E-state index >= 15 is 0 Å². The lowest BCUT2D eigenvalue weighted by Gasteiger charge is -2.43. The Morgan fingerprint density at radius 1 is 1.00 bits per heavy atom. The van der Waals surface area contributed by atoms with E-state index in [2.05, 4.69) is 17.4 Å². The van der Waals surface area contributed by atoms with Crippen LogP contribution >= 0.6 is 0 Å². The molecule has 2 fully saturated rings. The fourth-order valence-electron chi connectivity index (χ4n) is 4.58. The topological polar surface area (TPSA) is 71.1 Å². The number of hydrogen-bond acceptors (Lipinski definition) is 6. The summed E-state index contributed by atoms with van der Waals surface area (Å²) < 4.78 is 5.28. The Balaban J connectivity index is 1.48. The van der Waals surface area contributed by atoms with Gasteiger partial charge < -0.3 is 14.5 Å². The van der Waals surface area contributed by atoms with Gasteiger partial charge >= 0.3 is 6.16 Å². The number of amides is 1. The molecule has 33 heavy (non-hydrogen) atoms. The number of benzene rings is 2. The van der Waals surface area contributed by atoms with Crippen molar-refractivity contribution in [3.05, 3.63) is 71.8 Å². The molecule has 7 nitrogen and oxygen atoms in total. The Hall–Kier alpha value is -2.90. The van der Waals surface area contributed by atoms with Gasteiger partial charge in [0.2, 0.25) is 5.91 Å². The fraction of sp³-hybridized carbons (Fsp3) is 0.462. The highest BCUT2D eigenvalue weighted by molar-refractivity contribution is 5.85. The van der Waals surface area contributed by atoms with Crippen LogP contribution in [0, 0.1) is 0 Å². The summed E-state index contributed by atoms with van der Waals surface area (Å²) in [7, 11) is 0. The number of hydroxylamine groups is 2. The SMILES string of the molecule is CC(C)(C)OC(=O)ON1CCC2(CC1)N[C@@H](Cc1ccccc1)C(=O)N2Cc1ccccc1. The van der Waals surface area contributed by atoms with Gasteiger partial charge in [-0.05, 0) is 38.3 Å². The van der Waals surface area contributed by atoms with Gasteiger partial charge in [-0.2, -0.15) is 0 Å². The maximum atomic E-state index is 13.5. The molecule has 0 saturated carbocycles. The lowest BCUT2D eigenvalue weighted by Crippen LogP contribution is -2.58. The maximum absolute atomic E-state index is 13.5. The molecule has 4 rings (SSSR count). The van der Waals surface area contributed by atoms with E-state index in [1.54, 1.807) is 5.06 Å². The molecule has 7 heteroatoms. The Morgan fingerprint density at radius 3 is 2.15 bits per heavy atom. The van der Waals surface area contributed by atoms with E-state index in [0.29, 0.717) is 38.9 Å². The third-order valence-corrected chi connectivity index (χ3v) is 6.13. The zero-order valence-electron chi connectivity index (χ0n) is 19.6. The van der Waals surface area contributed by atoms with Crippen molar-refractivity contribution in [3.63, 3.8) is 0 Å². The van der Waals surface area contributed by atoms with Crippen LogP contribution in [0.3, 0.4) is 0 Å². The van der Waals surface area contributed by atoms with Crippen LogP contribution in [-0.4, -0.2) is 52.4 Å². The second kappa shape index (κ2) is 9.53. The average Bonchev–Trinajstić information content (AvgIpc) is 3.01. The normalized spacial score (nSPS) is 20.8. The van der Waals surface area contributed by atoms with E-state index in [4.69, 9.17) is 9.57 Å². The summed E-state index contributed by atoms with van der Waals surface area (Å²) in [6, 6.07) is 19.9. The number of rotatable bonds is 5. The van der Waals surface area contributed by atoms with Crippen molar-refractivity contribution in [2.24, 2.45) is 0 Å². The molecule has 0 aliphatic carbocycles. The number of nitrogens with one attached hydrogen (secondary N) is 1. The number of carbonyl (C=O) groups is 2. The first-order chi connectivity index (χ1) is 15.7. The lowest BCUT2D eigenvalue weighted by atomic mass is 9.96. The number of nitrogens with zero attached hydrogens (tertiary/aromatic N) is 2. The summed E-state index contributed by atoms with van der Waals surface area (Å²) in [6.45, 7) is 7.00. The molecule has 2 aromatic carbocycles. The average molecular weight is 452 g/mol. The van der Waals surface area contributed by atoms with Gasteiger partial charge in [0, 0.05) is 32.5 Å². The van der Waals surface area contributed by atoms with Crippen LogP contribution in [0.25, 0.3) is 0 Å². The molecule has 2 aliphatic rings. The standard InChI is InChI=1S/C26H33N3O4/c1-25(2,3)32-24(31)33-28-16-14-26(15-17-28)27-22(18-20-10-6-4-7-11-20)23(30)29(26)19-21-12-8-5-9-13-21/h4-13,22,27H,14-19H2,1-3H3/t22-/m0/s1. The van der Waals surface area contributed by atoms with Crippen molar-refractivity contribution in [1.82, 2.24) is 15.3 Å². The number of piperidine rings is 1. The zero-order valence-corrected chi connectivity index (χ0v) is 19.6. The van der Waals surface area contributed by atoms with E-state index in [1.165, 1.54) is 0 Å². The fourth-order valence-corrected chi connectivity index (χ4v) is 4.58. The molecule has 1 amide bonds. The first-order valence-corrected chi connectivity index (χ1v) is 11.6. The summed E-state index contributed by atoms with van der Waals surface area (Å²) in [5, 5.41) is 5.30. The number of carbonyl (C=O) groups excluding carboxylic acids is 2. The summed E-state index contributed by atoms with van der Waals surface area (Å²) in [4.78, 5) is 33.0. The van der Waals surface area contributed by atoms with Gasteiger partial charge in [-0.3, -0.25) is 10.1 Å². The first-order valence-electron chi connectivity index (χ1n) is 11.6. The van der Waals surface area contributed by atoms with Gasteiger partial charge in [-0.1, -0.05) is 60.7 Å². The Labute approximate surface area is 195 Å². The van der Waals surface area contributed by atoms with Crippen LogP contribution in [0.5, 0.6) is 0 Å². The molecule has 176 valence electrons. The van der Waals surface area contributed by atoms with Crippen molar-refractivity contribution in [1.29, 1.82) is 0 Å². The minimum atomic E-state index is -0.697. The summed E-state index contributed by atoms with van der Waals surface area (Å²) in [5.41, 5.74) is 1.15. The van der Waals surface area contributed by atoms with Crippen LogP contribution in [-0.2, 0) is 27.3 Å². The van der Waals surface area contributed by atoms with Gasteiger partial charge in [0.1, 0.15) is 5.60 Å². The smallest absolute Gasteiger partial charge is 0.427 e. The van der Waals surface area contributed by atoms with Gasteiger partial charge in [-0.25, -0.2) is 4.79 Å². The van der Waals surface area contributed by atoms with Crippen molar-refractivity contribution in [2.45, 2.75) is 63.9 Å².